The highest BCUT2D eigenvalue weighted by Gasteiger charge is 2.37. The van der Waals surface area contributed by atoms with Crippen LogP contribution < -0.4 is 16.0 Å². The summed E-state index contributed by atoms with van der Waals surface area (Å²) < 4.78 is 13.1. The van der Waals surface area contributed by atoms with E-state index in [1.54, 1.807) is 12.1 Å². The highest BCUT2D eigenvalue weighted by Crippen LogP contribution is 2.40. The summed E-state index contributed by atoms with van der Waals surface area (Å²) in [5, 5.41) is 9.42. The van der Waals surface area contributed by atoms with Gasteiger partial charge >= 0.3 is 0 Å². The van der Waals surface area contributed by atoms with Crippen molar-refractivity contribution in [3.05, 3.63) is 107 Å². The van der Waals surface area contributed by atoms with Crippen molar-refractivity contribution in [1.82, 2.24) is 16.0 Å². The average Bonchev–Trinajstić information content (AvgIpc) is 3.67. The zero-order valence-corrected chi connectivity index (χ0v) is 19.8. The second-order valence-corrected chi connectivity index (χ2v) is 9.05. The van der Waals surface area contributed by atoms with E-state index in [4.69, 9.17) is 0 Å². The largest absolute Gasteiger partial charge is 0.350 e. The van der Waals surface area contributed by atoms with Crippen LogP contribution in [0.3, 0.4) is 0 Å². The molecule has 1 aliphatic carbocycles. The summed E-state index contributed by atoms with van der Waals surface area (Å²) in [5.74, 6) is -0.189. The molecule has 3 aromatic carbocycles. The molecule has 0 aliphatic heterocycles. The van der Waals surface area contributed by atoms with Gasteiger partial charge in [-0.3, -0.25) is 9.59 Å². The lowest BCUT2D eigenvalue weighted by atomic mass is 10.1. The van der Waals surface area contributed by atoms with Crippen LogP contribution in [0, 0.1) is 5.82 Å². The SMILES string of the molecule is O=C(N[C@@H](CCCCN[C@@H]1C[C@H]1c1ccc(F)cc1)C(=O)NCc1ccccc1)c1ccccc1. The first-order chi connectivity index (χ1) is 17.1. The van der Waals surface area contributed by atoms with Crippen LogP contribution in [0.1, 0.15) is 53.1 Å². The van der Waals surface area contributed by atoms with Crippen LogP contribution in [0.5, 0.6) is 0 Å². The monoisotopic (exact) mass is 473 g/mol. The lowest BCUT2D eigenvalue weighted by Gasteiger charge is -2.19. The quantitative estimate of drug-likeness (QED) is 0.338. The molecule has 3 aromatic rings. The van der Waals surface area contributed by atoms with E-state index in [9.17, 15) is 14.0 Å². The predicted molar refractivity (Wildman–Crippen MR) is 135 cm³/mol. The van der Waals surface area contributed by atoms with E-state index in [0.717, 1.165) is 31.4 Å². The smallest absolute Gasteiger partial charge is 0.251 e. The van der Waals surface area contributed by atoms with Crippen molar-refractivity contribution in [2.45, 2.75) is 50.2 Å². The molecule has 182 valence electrons. The maximum atomic E-state index is 13.1. The van der Waals surface area contributed by atoms with Crippen LogP contribution in [0.2, 0.25) is 0 Å². The van der Waals surface area contributed by atoms with Gasteiger partial charge in [0.25, 0.3) is 5.91 Å². The lowest BCUT2D eigenvalue weighted by Crippen LogP contribution is -2.46. The summed E-state index contributed by atoms with van der Waals surface area (Å²) in [7, 11) is 0. The summed E-state index contributed by atoms with van der Waals surface area (Å²) in [4.78, 5) is 25.6. The maximum absolute atomic E-state index is 13.1. The minimum absolute atomic E-state index is 0.176. The van der Waals surface area contributed by atoms with Gasteiger partial charge in [-0.1, -0.05) is 60.7 Å². The van der Waals surface area contributed by atoms with Crippen LogP contribution in [-0.2, 0) is 11.3 Å². The number of carbonyl (C=O) groups is 2. The molecule has 3 N–H and O–H groups in total. The summed E-state index contributed by atoms with van der Waals surface area (Å²) in [6.07, 6.45) is 3.33. The summed E-state index contributed by atoms with van der Waals surface area (Å²) in [6.45, 7) is 1.26. The Morgan fingerprint density at radius 2 is 1.57 bits per heavy atom. The Kier molecular flexibility index (Phi) is 8.63. The fourth-order valence-electron chi connectivity index (χ4n) is 4.27. The highest BCUT2D eigenvalue weighted by molar-refractivity contribution is 5.97. The van der Waals surface area contributed by atoms with Crippen molar-refractivity contribution < 1.29 is 14.0 Å². The fourth-order valence-corrected chi connectivity index (χ4v) is 4.27. The Hall–Kier alpha value is -3.51. The van der Waals surface area contributed by atoms with Crippen LogP contribution in [0.25, 0.3) is 0 Å². The molecule has 0 aromatic heterocycles. The molecule has 35 heavy (non-hydrogen) atoms. The van der Waals surface area contributed by atoms with Gasteiger partial charge in [-0.15, -0.1) is 0 Å². The zero-order chi connectivity index (χ0) is 24.5. The number of unbranched alkanes of at least 4 members (excludes halogenated alkanes) is 1. The number of rotatable bonds is 12. The molecule has 1 aliphatic rings. The number of halogens is 1. The summed E-state index contributed by atoms with van der Waals surface area (Å²) in [6, 6.07) is 25.2. The number of hydrogen-bond donors (Lipinski definition) is 3. The molecular formula is C29H32FN3O2. The molecule has 1 saturated carbocycles. The molecule has 0 heterocycles. The maximum Gasteiger partial charge on any atom is 0.251 e. The van der Waals surface area contributed by atoms with Gasteiger partial charge < -0.3 is 16.0 Å². The van der Waals surface area contributed by atoms with Crippen molar-refractivity contribution in [3.63, 3.8) is 0 Å². The molecule has 0 radical (unpaired) electrons. The third kappa shape index (κ3) is 7.49. The highest BCUT2D eigenvalue weighted by atomic mass is 19.1. The normalized spacial score (nSPS) is 17.4. The number of nitrogens with one attached hydrogen (secondary N) is 3. The first kappa shape index (κ1) is 24.6. The number of amides is 2. The molecule has 0 unspecified atom stereocenters. The van der Waals surface area contributed by atoms with E-state index in [1.807, 2.05) is 60.7 Å². The van der Waals surface area contributed by atoms with Gasteiger partial charge in [-0.25, -0.2) is 4.39 Å². The van der Waals surface area contributed by atoms with Gasteiger partial charge in [-0.05, 0) is 67.6 Å². The molecule has 0 spiro atoms. The van der Waals surface area contributed by atoms with E-state index in [0.29, 0.717) is 30.5 Å². The van der Waals surface area contributed by atoms with Crippen LogP contribution in [-0.4, -0.2) is 30.4 Å². The fraction of sp³-hybridized carbons (Fsp3) is 0.310. The molecule has 5 nitrogen and oxygen atoms in total. The summed E-state index contributed by atoms with van der Waals surface area (Å²) in [5.41, 5.74) is 2.72. The first-order valence-electron chi connectivity index (χ1n) is 12.3. The Bertz CT molecular complexity index is 1090. The van der Waals surface area contributed by atoms with Gasteiger partial charge in [-0.2, -0.15) is 0 Å². The Labute approximate surface area is 206 Å². The Morgan fingerprint density at radius 1 is 0.886 bits per heavy atom. The molecule has 3 atom stereocenters. The van der Waals surface area contributed by atoms with E-state index in [-0.39, 0.29) is 17.6 Å². The third-order valence-electron chi connectivity index (χ3n) is 6.38. The summed E-state index contributed by atoms with van der Waals surface area (Å²) >= 11 is 0. The van der Waals surface area contributed by atoms with Crippen LogP contribution in [0.15, 0.2) is 84.9 Å². The van der Waals surface area contributed by atoms with E-state index in [2.05, 4.69) is 16.0 Å². The molecule has 1 fully saturated rings. The standard InChI is InChI=1S/C29H32FN3O2/c30-24-16-14-22(15-17-24)25-19-27(25)31-18-8-7-13-26(33-28(34)23-11-5-2-6-12-23)29(35)32-20-21-9-3-1-4-10-21/h1-6,9-12,14-17,25-27,31H,7-8,13,18-20H2,(H,32,35)(H,33,34)/t25-,26-,27+/m0/s1. The van der Waals surface area contributed by atoms with Crippen molar-refractivity contribution in [1.29, 1.82) is 0 Å². The molecule has 0 bridgehead atoms. The second-order valence-electron chi connectivity index (χ2n) is 9.05. The molecule has 2 amide bonds. The number of benzene rings is 3. The third-order valence-corrected chi connectivity index (χ3v) is 6.38. The predicted octanol–water partition coefficient (Wildman–Crippen LogP) is 4.56. The Morgan fingerprint density at radius 3 is 2.29 bits per heavy atom. The van der Waals surface area contributed by atoms with Gasteiger partial charge in [0.15, 0.2) is 0 Å². The molecule has 0 saturated heterocycles. The van der Waals surface area contributed by atoms with E-state index >= 15 is 0 Å². The van der Waals surface area contributed by atoms with Gasteiger partial charge in [0.1, 0.15) is 11.9 Å². The molecule has 6 heteroatoms. The van der Waals surface area contributed by atoms with Crippen molar-refractivity contribution in [2.24, 2.45) is 0 Å². The Balaban J connectivity index is 1.24. The van der Waals surface area contributed by atoms with E-state index < -0.39 is 6.04 Å². The average molecular weight is 474 g/mol. The van der Waals surface area contributed by atoms with Gasteiger partial charge in [0, 0.05) is 24.1 Å². The minimum Gasteiger partial charge on any atom is -0.350 e. The van der Waals surface area contributed by atoms with Crippen LogP contribution >= 0.6 is 0 Å². The number of hydrogen-bond acceptors (Lipinski definition) is 3. The lowest BCUT2D eigenvalue weighted by molar-refractivity contribution is -0.123. The first-order valence-corrected chi connectivity index (χ1v) is 12.3. The van der Waals surface area contributed by atoms with Gasteiger partial charge in [0.2, 0.25) is 5.91 Å². The van der Waals surface area contributed by atoms with Crippen molar-refractivity contribution >= 4 is 11.8 Å². The van der Waals surface area contributed by atoms with Gasteiger partial charge in [0.05, 0.1) is 0 Å². The van der Waals surface area contributed by atoms with Crippen LogP contribution in [0.4, 0.5) is 4.39 Å². The topological polar surface area (TPSA) is 70.2 Å². The van der Waals surface area contributed by atoms with E-state index in [1.165, 1.54) is 17.7 Å². The minimum atomic E-state index is -0.598. The molecule has 4 rings (SSSR count). The zero-order valence-electron chi connectivity index (χ0n) is 19.8. The van der Waals surface area contributed by atoms with Crippen molar-refractivity contribution in [3.8, 4) is 0 Å². The second kappa shape index (κ2) is 12.3. The molecular weight excluding hydrogens is 441 g/mol. The van der Waals surface area contributed by atoms with Crippen molar-refractivity contribution in [2.75, 3.05) is 6.54 Å². The number of carbonyl (C=O) groups excluding carboxylic acids is 2.